The third kappa shape index (κ3) is 5.36. The Kier molecular flexibility index (Phi) is 9.24. The van der Waals surface area contributed by atoms with Crippen molar-refractivity contribution in [1.29, 1.82) is 0 Å². The van der Waals surface area contributed by atoms with Gasteiger partial charge in [-0.15, -0.1) is 22.7 Å². The van der Waals surface area contributed by atoms with E-state index in [-0.39, 0.29) is 10.8 Å². The Hall–Kier alpha value is -1.56. The van der Waals surface area contributed by atoms with Crippen LogP contribution in [0.25, 0.3) is 31.2 Å². The van der Waals surface area contributed by atoms with Crippen molar-refractivity contribution in [3.05, 3.63) is 45.8 Å². The highest BCUT2D eigenvalue weighted by Crippen LogP contribution is 2.61. The molecule has 1 aliphatic rings. The fraction of sp³-hybridized carbons (Fsp3) is 0.600. The minimum absolute atomic E-state index is 0.0923. The Morgan fingerprint density at radius 3 is 2.02 bits per heavy atom. The van der Waals surface area contributed by atoms with Crippen LogP contribution in [0.4, 0.5) is 0 Å². The van der Waals surface area contributed by atoms with Crippen molar-refractivity contribution >= 4 is 45.4 Å². The van der Waals surface area contributed by atoms with Crippen LogP contribution in [-0.4, -0.2) is 8.75 Å². The molecule has 5 rings (SSSR count). The minimum Gasteiger partial charge on any atom is -0.173 e. The summed E-state index contributed by atoms with van der Waals surface area (Å²) in [5.74, 6) is 0.575. The van der Waals surface area contributed by atoms with Gasteiger partial charge in [0.15, 0.2) is 0 Å². The fourth-order valence-corrected chi connectivity index (χ4v) is 9.86. The van der Waals surface area contributed by atoms with Gasteiger partial charge in [0.05, 0.1) is 11.7 Å². The van der Waals surface area contributed by atoms with E-state index in [2.05, 4.69) is 84.1 Å². The first kappa shape index (κ1) is 29.9. The molecule has 3 aromatic heterocycles. The van der Waals surface area contributed by atoms with E-state index in [4.69, 9.17) is 8.75 Å². The van der Waals surface area contributed by atoms with Gasteiger partial charge in [-0.05, 0) is 59.4 Å². The lowest BCUT2D eigenvalue weighted by Gasteiger charge is -2.31. The monoisotopic (exact) mass is 592 g/mol. The maximum absolute atomic E-state index is 4.87. The SMILES string of the molecule is CCCCCCC1(CCCCCC)c2cc(-c3ccc(C(C)(C)CC)c4nsnc34)sc2-c2sc(C(C)C)cc21. The summed E-state index contributed by atoms with van der Waals surface area (Å²) < 4.78 is 9.70. The largest absolute Gasteiger partial charge is 0.173 e. The molecule has 0 aliphatic heterocycles. The Morgan fingerprint density at radius 1 is 0.775 bits per heavy atom. The van der Waals surface area contributed by atoms with Gasteiger partial charge >= 0.3 is 0 Å². The number of nitrogens with zero attached hydrogens (tertiary/aromatic N) is 2. The zero-order chi connectivity index (χ0) is 28.5. The Morgan fingerprint density at radius 2 is 1.40 bits per heavy atom. The van der Waals surface area contributed by atoms with Gasteiger partial charge in [0.2, 0.25) is 0 Å². The zero-order valence-electron chi connectivity index (χ0n) is 25.8. The summed E-state index contributed by atoms with van der Waals surface area (Å²) in [5, 5.41) is 0. The number of aromatic nitrogens is 2. The van der Waals surface area contributed by atoms with Gasteiger partial charge in [-0.3, -0.25) is 0 Å². The zero-order valence-corrected chi connectivity index (χ0v) is 28.2. The number of hydrogen-bond acceptors (Lipinski definition) is 5. The topological polar surface area (TPSA) is 25.8 Å². The van der Waals surface area contributed by atoms with Gasteiger partial charge < -0.3 is 0 Å². The molecular weight excluding hydrogens is 545 g/mol. The Bertz CT molecular complexity index is 1420. The molecule has 0 N–H and O–H groups in total. The second-order valence-corrected chi connectivity index (χ2v) is 15.6. The second-order valence-electron chi connectivity index (χ2n) is 13.0. The van der Waals surface area contributed by atoms with E-state index in [0.717, 1.165) is 17.5 Å². The number of thiophene rings is 2. The molecule has 40 heavy (non-hydrogen) atoms. The molecule has 4 aromatic rings. The summed E-state index contributed by atoms with van der Waals surface area (Å²) in [6, 6.07) is 9.88. The predicted octanol–water partition coefficient (Wildman–Crippen LogP) is 12.5. The highest BCUT2D eigenvalue weighted by molar-refractivity contribution is 7.24. The first-order chi connectivity index (χ1) is 19.3. The first-order valence-corrected chi connectivity index (χ1v) is 18.2. The van der Waals surface area contributed by atoms with Crippen molar-refractivity contribution in [2.24, 2.45) is 0 Å². The van der Waals surface area contributed by atoms with Crippen molar-refractivity contribution in [3.63, 3.8) is 0 Å². The molecule has 0 unspecified atom stereocenters. The second kappa shape index (κ2) is 12.4. The van der Waals surface area contributed by atoms with Crippen LogP contribution in [0, 0.1) is 0 Å². The van der Waals surface area contributed by atoms with Crippen LogP contribution in [0.5, 0.6) is 0 Å². The summed E-state index contributed by atoms with van der Waals surface area (Å²) in [7, 11) is 0. The van der Waals surface area contributed by atoms with E-state index in [1.807, 2.05) is 11.3 Å². The van der Waals surface area contributed by atoms with Gasteiger partial charge in [-0.1, -0.05) is 112 Å². The van der Waals surface area contributed by atoms with Gasteiger partial charge in [0.25, 0.3) is 0 Å². The van der Waals surface area contributed by atoms with Crippen molar-refractivity contribution < 1.29 is 0 Å². The third-order valence-corrected chi connectivity index (χ3v) is 12.8. The van der Waals surface area contributed by atoms with Gasteiger partial charge in [-0.2, -0.15) is 8.75 Å². The molecule has 0 fully saturated rings. The molecule has 0 saturated heterocycles. The van der Waals surface area contributed by atoms with Gasteiger partial charge in [0, 0.05) is 30.5 Å². The van der Waals surface area contributed by atoms with Crippen molar-refractivity contribution in [2.75, 3.05) is 0 Å². The molecule has 0 amide bonds. The van der Waals surface area contributed by atoms with Crippen LogP contribution in [0.1, 0.15) is 147 Å². The molecule has 0 atom stereocenters. The van der Waals surface area contributed by atoms with Crippen molar-refractivity contribution in [2.45, 2.75) is 136 Å². The Labute approximate surface area is 255 Å². The summed E-state index contributed by atoms with van der Waals surface area (Å²) in [4.78, 5) is 6.04. The number of unbranched alkanes of at least 4 members (excludes halogenated alkanes) is 6. The Balaban J connectivity index is 1.64. The van der Waals surface area contributed by atoms with E-state index >= 15 is 0 Å². The van der Waals surface area contributed by atoms with E-state index in [1.54, 1.807) is 25.8 Å². The molecule has 2 nitrogen and oxygen atoms in total. The molecule has 0 saturated carbocycles. The average molecular weight is 593 g/mol. The lowest BCUT2D eigenvalue weighted by molar-refractivity contribution is 0.402. The van der Waals surface area contributed by atoms with Crippen LogP contribution < -0.4 is 0 Å². The minimum atomic E-state index is 0.0923. The normalized spacial score (nSPS) is 14.4. The molecule has 1 aliphatic carbocycles. The predicted molar refractivity (Wildman–Crippen MR) is 180 cm³/mol. The highest BCUT2D eigenvalue weighted by atomic mass is 32.1. The van der Waals surface area contributed by atoms with Crippen LogP contribution in [0.15, 0.2) is 24.3 Å². The number of benzene rings is 1. The molecule has 0 spiro atoms. The number of fused-ring (bicyclic) bond motifs is 4. The first-order valence-electron chi connectivity index (χ1n) is 15.8. The van der Waals surface area contributed by atoms with E-state index in [0.29, 0.717) is 5.92 Å². The third-order valence-electron chi connectivity index (χ3n) is 9.50. The lowest BCUT2D eigenvalue weighted by atomic mass is 9.71. The molecule has 1 aromatic carbocycles. The maximum Gasteiger partial charge on any atom is 0.113 e. The van der Waals surface area contributed by atoms with E-state index < -0.39 is 0 Å². The number of hydrogen-bond donors (Lipinski definition) is 0. The average Bonchev–Trinajstić information content (AvgIpc) is 3.72. The quantitative estimate of drug-likeness (QED) is 0.136. The van der Waals surface area contributed by atoms with Crippen LogP contribution in [-0.2, 0) is 10.8 Å². The smallest absolute Gasteiger partial charge is 0.113 e. The van der Waals surface area contributed by atoms with Gasteiger partial charge in [-0.25, -0.2) is 0 Å². The summed E-state index contributed by atoms with van der Waals surface area (Å²) in [5.41, 5.74) is 8.32. The van der Waals surface area contributed by atoms with E-state index in [9.17, 15) is 0 Å². The number of rotatable bonds is 14. The molecule has 216 valence electrons. The summed E-state index contributed by atoms with van der Waals surface area (Å²) in [6.45, 7) is 16.3. The molecule has 3 heterocycles. The van der Waals surface area contributed by atoms with Crippen molar-refractivity contribution in [3.8, 4) is 20.2 Å². The molecular formula is C35H48N2S3. The lowest BCUT2D eigenvalue weighted by Crippen LogP contribution is -2.25. The molecule has 0 radical (unpaired) electrons. The van der Waals surface area contributed by atoms with Gasteiger partial charge in [0.1, 0.15) is 11.0 Å². The van der Waals surface area contributed by atoms with Crippen LogP contribution in [0.2, 0.25) is 0 Å². The fourth-order valence-electron chi connectivity index (χ4n) is 6.58. The molecule has 5 heteroatoms. The van der Waals surface area contributed by atoms with Crippen LogP contribution >= 0.6 is 34.4 Å². The maximum atomic E-state index is 4.87. The van der Waals surface area contributed by atoms with E-state index in [1.165, 1.54) is 91.9 Å². The summed E-state index contributed by atoms with van der Waals surface area (Å²) >= 11 is 5.45. The van der Waals surface area contributed by atoms with Crippen molar-refractivity contribution in [1.82, 2.24) is 8.75 Å². The summed E-state index contributed by atoms with van der Waals surface area (Å²) in [6.07, 6.45) is 14.2. The standard InChI is InChI=1S/C35H48N2S3/c1-8-11-13-15-19-35(20-16-14-12-9-2)26-21-28(23(4)5)38-32(26)33-27(35)22-29(39-33)24-17-18-25(34(6,7)10-3)31-30(24)36-40-37-31/h17-18,21-23H,8-16,19-20H2,1-7H3. The van der Waals surface area contributed by atoms with Crippen LogP contribution in [0.3, 0.4) is 0 Å². The molecule has 0 bridgehead atoms. The highest BCUT2D eigenvalue weighted by Gasteiger charge is 2.45.